The quantitative estimate of drug-likeness (QED) is 0.857. The Morgan fingerprint density at radius 3 is 2.84 bits per heavy atom. The van der Waals surface area contributed by atoms with Gasteiger partial charge in [0.1, 0.15) is 5.15 Å². The van der Waals surface area contributed by atoms with Crippen LogP contribution in [0, 0.1) is 0 Å². The molecule has 5 nitrogen and oxygen atoms in total. The summed E-state index contributed by atoms with van der Waals surface area (Å²) in [5.41, 5.74) is -0.290. The Morgan fingerprint density at radius 2 is 2.21 bits per heavy atom. The number of aromatic nitrogens is 3. The molecule has 2 aromatic rings. The van der Waals surface area contributed by atoms with Gasteiger partial charge in [0.2, 0.25) is 0 Å². The number of aryl methyl sites for hydroxylation is 1. The first-order valence-electron chi connectivity index (χ1n) is 6.03. The molecule has 0 aliphatic carbocycles. The van der Waals surface area contributed by atoms with Gasteiger partial charge >= 0.3 is 5.69 Å². The molecule has 102 valence electrons. The highest BCUT2D eigenvalue weighted by molar-refractivity contribution is 7.09. The summed E-state index contributed by atoms with van der Waals surface area (Å²) in [4.78, 5) is 30.6. The minimum absolute atomic E-state index is 0.155. The van der Waals surface area contributed by atoms with Gasteiger partial charge in [-0.3, -0.25) is 14.3 Å². The van der Waals surface area contributed by atoms with Crippen molar-refractivity contribution in [3.63, 3.8) is 0 Å². The van der Waals surface area contributed by atoms with Gasteiger partial charge in [-0.15, -0.1) is 11.3 Å². The summed E-state index contributed by atoms with van der Waals surface area (Å²) in [5, 5.41) is 2.92. The largest absolute Gasteiger partial charge is 0.329 e. The van der Waals surface area contributed by atoms with Crippen molar-refractivity contribution in [2.75, 3.05) is 0 Å². The van der Waals surface area contributed by atoms with E-state index in [1.807, 2.05) is 12.3 Å². The fourth-order valence-corrected chi connectivity index (χ4v) is 2.71. The van der Waals surface area contributed by atoms with Crippen LogP contribution in [0.25, 0.3) is 0 Å². The Hall–Kier alpha value is -1.40. The normalized spacial score (nSPS) is 10.8. The number of nitrogens with one attached hydrogen (secondary N) is 1. The number of rotatable bonds is 5. The summed E-state index contributed by atoms with van der Waals surface area (Å²) in [6.07, 6.45) is 3.63. The van der Waals surface area contributed by atoms with Crippen molar-refractivity contribution < 1.29 is 0 Å². The highest BCUT2D eigenvalue weighted by Gasteiger charge is 2.12. The average molecular weight is 300 g/mol. The van der Waals surface area contributed by atoms with E-state index in [4.69, 9.17) is 11.6 Å². The summed E-state index contributed by atoms with van der Waals surface area (Å²) in [6, 6.07) is 0. The Morgan fingerprint density at radius 1 is 1.42 bits per heavy atom. The summed E-state index contributed by atoms with van der Waals surface area (Å²) >= 11 is 7.41. The zero-order valence-corrected chi connectivity index (χ0v) is 12.1. The van der Waals surface area contributed by atoms with E-state index in [2.05, 4.69) is 9.97 Å². The van der Waals surface area contributed by atoms with Crippen LogP contribution in [-0.2, 0) is 19.4 Å². The van der Waals surface area contributed by atoms with E-state index in [1.165, 1.54) is 15.9 Å². The second kappa shape index (κ2) is 6.16. The molecule has 2 rings (SSSR count). The lowest BCUT2D eigenvalue weighted by atomic mass is 10.2. The second-order valence-electron chi connectivity index (χ2n) is 4.11. The van der Waals surface area contributed by atoms with Gasteiger partial charge in [0.15, 0.2) is 0 Å². The minimum Gasteiger partial charge on any atom is -0.297 e. The fraction of sp³-hybridized carbons (Fsp3) is 0.417. The predicted octanol–water partition coefficient (Wildman–Crippen LogP) is 1.84. The van der Waals surface area contributed by atoms with Gasteiger partial charge in [0, 0.05) is 24.5 Å². The zero-order valence-electron chi connectivity index (χ0n) is 10.5. The maximum absolute atomic E-state index is 12.2. The maximum Gasteiger partial charge on any atom is 0.329 e. The number of aromatic amines is 1. The van der Waals surface area contributed by atoms with Crippen molar-refractivity contribution in [1.29, 1.82) is 0 Å². The number of thiazole rings is 1. The van der Waals surface area contributed by atoms with Crippen LogP contribution in [0.5, 0.6) is 0 Å². The lowest BCUT2D eigenvalue weighted by Crippen LogP contribution is -2.38. The van der Waals surface area contributed by atoms with E-state index in [1.54, 1.807) is 6.20 Å². The average Bonchev–Trinajstić information content (AvgIpc) is 2.87. The lowest BCUT2D eigenvalue weighted by molar-refractivity contribution is 0.615. The number of H-pyrrole nitrogens is 1. The Kier molecular flexibility index (Phi) is 4.55. The fourth-order valence-electron chi connectivity index (χ4n) is 1.84. The minimum atomic E-state index is -0.466. The monoisotopic (exact) mass is 299 g/mol. The van der Waals surface area contributed by atoms with Gasteiger partial charge in [-0.2, -0.15) is 0 Å². The highest BCUT2D eigenvalue weighted by Crippen LogP contribution is 2.09. The Balaban J connectivity index is 2.32. The van der Waals surface area contributed by atoms with Gasteiger partial charge < -0.3 is 0 Å². The maximum atomic E-state index is 12.2. The molecule has 2 aromatic heterocycles. The van der Waals surface area contributed by atoms with Gasteiger partial charge in [-0.1, -0.05) is 24.9 Å². The van der Waals surface area contributed by atoms with Crippen LogP contribution in [0.4, 0.5) is 0 Å². The van der Waals surface area contributed by atoms with Crippen LogP contribution in [0.3, 0.4) is 0 Å². The molecule has 2 heterocycles. The van der Waals surface area contributed by atoms with E-state index in [0.717, 1.165) is 11.4 Å². The van der Waals surface area contributed by atoms with Crippen molar-refractivity contribution in [2.24, 2.45) is 0 Å². The number of hydrogen-bond donors (Lipinski definition) is 1. The summed E-state index contributed by atoms with van der Waals surface area (Å²) in [7, 11) is 0. The van der Waals surface area contributed by atoms with Crippen LogP contribution in [0.15, 0.2) is 21.2 Å². The van der Waals surface area contributed by atoms with Gasteiger partial charge in [0.25, 0.3) is 5.56 Å². The molecule has 0 aliphatic rings. The molecular formula is C12H14ClN3O2S. The van der Waals surface area contributed by atoms with Crippen LogP contribution in [-0.4, -0.2) is 14.5 Å². The highest BCUT2D eigenvalue weighted by atomic mass is 35.5. The SMILES string of the molecule is CCCc1c(Cl)[nH]c(=O)n(CCc2nccs2)c1=O. The third kappa shape index (κ3) is 3.13. The summed E-state index contributed by atoms with van der Waals surface area (Å²) in [6.45, 7) is 2.27. The predicted molar refractivity (Wildman–Crippen MR) is 76.1 cm³/mol. The molecule has 19 heavy (non-hydrogen) atoms. The van der Waals surface area contributed by atoms with Crippen molar-refractivity contribution in [3.05, 3.63) is 48.1 Å². The molecular weight excluding hydrogens is 286 g/mol. The summed E-state index contributed by atoms with van der Waals surface area (Å²) < 4.78 is 1.19. The van der Waals surface area contributed by atoms with Crippen LogP contribution >= 0.6 is 22.9 Å². The van der Waals surface area contributed by atoms with Crippen LogP contribution < -0.4 is 11.2 Å². The third-order valence-electron chi connectivity index (χ3n) is 2.76. The lowest BCUT2D eigenvalue weighted by Gasteiger charge is -2.07. The molecule has 7 heteroatoms. The smallest absolute Gasteiger partial charge is 0.297 e. The first-order chi connectivity index (χ1) is 9.13. The molecule has 0 saturated heterocycles. The Bertz CT molecular complexity index is 661. The van der Waals surface area contributed by atoms with E-state index >= 15 is 0 Å². The van der Waals surface area contributed by atoms with Gasteiger partial charge in [-0.25, -0.2) is 9.78 Å². The van der Waals surface area contributed by atoms with Crippen molar-refractivity contribution in [1.82, 2.24) is 14.5 Å². The molecule has 0 unspecified atom stereocenters. The molecule has 0 saturated carbocycles. The van der Waals surface area contributed by atoms with E-state index < -0.39 is 5.69 Å². The van der Waals surface area contributed by atoms with E-state index in [9.17, 15) is 9.59 Å². The first-order valence-corrected chi connectivity index (χ1v) is 7.29. The Labute approximate surface area is 118 Å². The van der Waals surface area contributed by atoms with Gasteiger partial charge in [0.05, 0.1) is 10.6 Å². The number of nitrogens with zero attached hydrogens (tertiary/aromatic N) is 2. The van der Waals surface area contributed by atoms with Crippen LogP contribution in [0.2, 0.25) is 5.15 Å². The standard InChI is InChI=1S/C12H14ClN3O2S/c1-2-3-8-10(13)15-12(18)16(11(8)17)6-4-9-14-5-7-19-9/h5,7H,2-4,6H2,1H3,(H,15,18). The molecule has 0 amide bonds. The molecule has 1 N–H and O–H groups in total. The zero-order chi connectivity index (χ0) is 13.8. The van der Waals surface area contributed by atoms with Crippen molar-refractivity contribution in [2.45, 2.75) is 32.7 Å². The molecule has 0 bridgehead atoms. The second-order valence-corrected chi connectivity index (χ2v) is 5.46. The van der Waals surface area contributed by atoms with E-state index in [0.29, 0.717) is 24.9 Å². The number of halogens is 1. The van der Waals surface area contributed by atoms with Crippen molar-refractivity contribution >= 4 is 22.9 Å². The van der Waals surface area contributed by atoms with Gasteiger partial charge in [-0.05, 0) is 6.42 Å². The topological polar surface area (TPSA) is 67.8 Å². The molecule has 0 aromatic carbocycles. The number of hydrogen-bond acceptors (Lipinski definition) is 4. The third-order valence-corrected chi connectivity index (χ3v) is 3.92. The first kappa shape index (κ1) is 14.0. The molecule has 0 fully saturated rings. The van der Waals surface area contributed by atoms with Crippen molar-refractivity contribution in [3.8, 4) is 0 Å². The molecule has 0 spiro atoms. The molecule has 0 atom stereocenters. The molecule has 0 radical (unpaired) electrons. The van der Waals surface area contributed by atoms with E-state index in [-0.39, 0.29) is 10.7 Å². The van der Waals surface area contributed by atoms with Crippen LogP contribution in [0.1, 0.15) is 23.9 Å². The summed E-state index contributed by atoms with van der Waals surface area (Å²) in [5.74, 6) is 0. The molecule has 0 aliphatic heterocycles.